The predicted octanol–water partition coefficient (Wildman–Crippen LogP) is 7.57. The highest BCUT2D eigenvalue weighted by molar-refractivity contribution is 6.06. The van der Waals surface area contributed by atoms with E-state index in [4.69, 9.17) is 9.47 Å². The number of carbonyl (C=O) groups is 2. The number of para-hydroxylation sites is 3. The summed E-state index contributed by atoms with van der Waals surface area (Å²) in [5, 5.41) is 3.62. The summed E-state index contributed by atoms with van der Waals surface area (Å²) < 4.78 is 11.4. The highest BCUT2D eigenvalue weighted by atomic mass is 16.5. The SMILES string of the molecule is CCCCCC(=O)N1c2ccccc2NC2=C(C(=O)C[C@H](c3ccc(OC)cc3)C2)[C@H]1c1ccccc1OCC. The Bertz CT molecular complexity index is 1400. The van der Waals surface area contributed by atoms with E-state index in [1.807, 2.05) is 84.6 Å². The molecule has 40 heavy (non-hydrogen) atoms. The molecule has 208 valence electrons. The molecule has 2 aliphatic rings. The van der Waals surface area contributed by atoms with Crippen LogP contribution >= 0.6 is 0 Å². The number of ether oxygens (including phenoxy) is 2. The van der Waals surface area contributed by atoms with Crippen LogP contribution in [0.15, 0.2) is 84.1 Å². The minimum atomic E-state index is -0.590. The Morgan fingerprint density at radius 1 is 0.950 bits per heavy atom. The summed E-state index contributed by atoms with van der Waals surface area (Å²) >= 11 is 0. The lowest BCUT2D eigenvalue weighted by atomic mass is 9.78. The molecule has 2 atom stereocenters. The maximum atomic E-state index is 14.2. The third-order valence-corrected chi connectivity index (χ3v) is 7.85. The molecule has 0 saturated carbocycles. The van der Waals surface area contributed by atoms with Gasteiger partial charge in [-0.05, 0) is 61.6 Å². The Hall–Kier alpha value is -4.06. The maximum absolute atomic E-state index is 14.2. The van der Waals surface area contributed by atoms with Crippen LogP contribution in [0.5, 0.6) is 11.5 Å². The Balaban J connectivity index is 1.67. The number of Topliss-reactive ketones (excluding diaryl/α,β-unsaturated/α-hetero) is 1. The number of hydrogen-bond donors (Lipinski definition) is 1. The number of nitrogens with zero attached hydrogens (tertiary/aromatic N) is 1. The van der Waals surface area contributed by atoms with Crippen molar-refractivity contribution in [2.45, 2.75) is 64.3 Å². The van der Waals surface area contributed by atoms with Crippen LogP contribution in [0.3, 0.4) is 0 Å². The fourth-order valence-corrected chi connectivity index (χ4v) is 5.91. The highest BCUT2D eigenvalue weighted by Gasteiger charge is 2.42. The monoisotopic (exact) mass is 538 g/mol. The van der Waals surface area contributed by atoms with Gasteiger partial charge in [0.1, 0.15) is 11.5 Å². The van der Waals surface area contributed by atoms with Crippen LogP contribution in [0.4, 0.5) is 11.4 Å². The number of amides is 1. The van der Waals surface area contributed by atoms with Crippen molar-refractivity contribution in [1.82, 2.24) is 0 Å². The predicted molar refractivity (Wildman–Crippen MR) is 159 cm³/mol. The summed E-state index contributed by atoms with van der Waals surface area (Å²) in [5.41, 5.74) is 5.05. The topological polar surface area (TPSA) is 67.9 Å². The average Bonchev–Trinajstić information content (AvgIpc) is 3.12. The molecule has 3 aromatic carbocycles. The van der Waals surface area contributed by atoms with E-state index in [1.165, 1.54) is 0 Å². The van der Waals surface area contributed by atoms with Crippen molar-refractivity contribution in [2.24, 2.45) is 0 Å². The fourth-order valence-electron chi connectivity index (χ4n) is 5.91. The number of rotatable bonds is 9. The van der Waals surface area contributed by atoms with Gasteiger partial charge in [0.2, 0.25) is 5.91 Å². The first-order valence-corrected chi connectivity index (χ1v) is 14.4. The van der Waals surface area contributed by atoms with E-state index < -0.39 is 6.04 Å². The van der Waals surface area contributed by atoms with E-state index >= 15 is 0 Å². The zero-order valence-corrected chi connectivity index (χ0v) is 23.6. The van der Waals surface area contributed by atoms with Gasteiger partial charge < -0.3 is 14.8 Å². The summed E-state index contributed by atoms with van der Waals surface area (Å²) in [6, 6.07) is 23.1. The van der Waals surface area contributed by atoms with Gasteiger partial charge in [0.15, 0.2) is 5.78 Å². The second-order valence-corrected chi connectivity index (χ2v) is 10.4. The first kappa shape index (κ1) is 27.5. The summed E-state index contributed by atoms with van der Waals surface area (Å²) in [5.74, 6) is 1.56. The van der Waals surface area contributed by atoms with E-state index in [0.29, 0.717) is 37.2 Å². The number of nitrogens with one attached hydrogen (secondary N) is 1. The minimum absolute atomic E-state index is 0.0119. The van der Waals surface area contributed by atoms with Crippen molar-refractivity contribution in [1.29, 1.82) is 0 Å². The van der Waals surface area contributed by atoms with Crippen LogP contribution in [0.2, 0.25) is 0 Å². The molecule has 1 N–H and O–H groups in total. The molecule has 0 aromatic heterocycles. The van der Waals surface area contributed by atoms with Gasteiger partial charge in [-0.2, -0.15) is 0 Å². The largest absolute Gasteiger partial charge is 0.497 e. The Morgan fingerprint density at radius 2 is 1.70 bits per heavy atom. The van der Waals surface area contributed by atoms with Crippen LogP contribution in [0.25, 0.3) is 0 Å². The second-order valence-electron chi connectivity index (χ2n) is 10.4. The molecule has 6 heteroatoms. The zero-order chi connectivity index (χ0) is 28.1. The number of ketones is 1. The van der Waals surface area contributed by atoms with Crippen molar-refractivity contribution in [3.63, 3.8) is 0 Å². The van der Waals surface area contributed by atoms with Crippen molar-refractivity contribution in [3.8, 4) is 11.5 Å². The lowest BCUT2D eigenvalue weighted by Gasteiger charge is -2.36. The van der Waals surface area contributed by atoms with Gasteiger partial charge in [0.05, 0.1) is 31.1 Å². The Labute approximate surface area is 237 Å². The highest BCUT2D eigenvalue weighted by Crippen LogP contribution is 2.49. The summed E-state index contributed by atoms with van der Waals surface area (Å²) in [6.45, 7) is 4.57. The zero-order valence-electron chi connectivity index (χ0n) is 23.6. The van der Waals surface area contributed by atoms with E-state index in [2.05, 4.69) is 12.2 Å². The number of methoxy groups -OCH3 is 1. The summed E-state index contributed by atoms with van der Waals surface area (Å²) in [6.07, 6.45) is 4.27. The number of fused-ring (bicyclic) bond motifs is 1. The van der Waals surface area contributed by atoms with Crippen molar-refractivity contribution >= 4 is 23.1 Å². The van der Waals surface area contributed by atoms with Gasteiger partial charge in [-0.15, -0.1) is 0 Å². The van der Waals surface area contributed by atoms with Crippen molar-refractivity contribution in [3.05, 3.63) is 95.2 Å². The normalized spacial score (nSPS) is 18.4. The molecule has 0 unspecified atom stereocenters. The first-order valence-electron chi connectivity index (χ1n) is 14.4. The molecule has 3 aromatic rings. The molecule has 6 nitrogen and oxygen atoms in total. The number of hydrogen-bond acceptors (Lipinski definition) is 5. The Morgan fingerprint density at radius 3 is 2.45 bits per heavy atom. The summed E-state index contributed by atoms with van der Waals surface area (Å²) in [4.78, 5) is 30.2. The molecule has 0 bridgehead atoms. The standard InChI is InChI=1S/C34H38N2O4/c1-4-6-7-16-32(38)36-29-14-10-9-13-27(29)35-28-21-24(23-17-19-25(39-3)20-18-23)22-30(37)33(28)34(36)26-12-8-11-15-31(26)40-5-2/h8-15,17-20,24,34-35H,4-7,16,21-22H2,1-3H3/t24-,34-/m1/s1. The quantitative estimate of drug-likeness (QED) is 0.285. The number of anilines is 2. The lowest BCUT2D eigenvalue weighted by Crippen LogP contribution is -2.38. The van der Waals surface area contributed by atoms with Gasteiger partial charge in [-0.3, -0.25) is 14.5 Å². The van der Waals surface area contributed by atoms with Crippen LogP contribution in [-0.2, 0) is 9.59 Å². The van der Waals surface area contributed by atoms with Gasteiger partial charge >= 0.3 is 0 Å². The van der Waals surface area contributed by atoms with Crippen LogP contribution < -0.4 is 19.7 Å². The molecular formula is C34H38N2O4. The third-order valence-electron chi connectivity index (χ3n) is 7.85. The smallest absolute Gasteiger partial charge is 0.227 e. The van der Waals surface area contributed by atoms with Gasteiger partial charge in [-0.1, -0.05) is 62.2 Å². The van der Waals surface area contributed by atoms with Crippen molar-refractivity contribution < 1.29 is 19.1 Å². The number of allylic oxidation sites excluding steroid dienone is 1. The first-order chi connectivity index (χ1) is 19.5. The molecule has 1 heterocycles. The van der Waals surface area contributed by atoms with Crippen LogP contribution in [0.1, 0.15) is 75.5 Å². The van der Waals surface area contributed by atoms with E-state index in [-0.39, 0.29) is 17.6 Å². The molecule has 1 amide bonds. The molecule has 0 radical (unpaired) electrons. The molecule has 0 saturated heterocycles. The number of unbranched alkanes of at least 4 members (excludes halogenated alkanes) is 2. The lowest BCUT2D eigenvalue weighted by molar-refractivity contribution is -0.119. The van der Waals surface area contributed by atoms with Gasteiger partial charge in [0, 0.05) is 29.7 Å². The third kappa shape index (κ3) is 5.48. The fraction of sp³-hybridized carbons (Fsp3) is 0.353. The maximum Gasteiger partial charge on any atom is 0.227 e. The van der Waals surface area contributed by atoms with E-state index in [0.717, 1.165) is 53.2 Å². The molecule has 1 aliphatic heterocycles. The van der Waals surface area contributed by atoms with Crippen LogP contribution in [-0.4, -0.2) is 25.4 Å². The molecule has 5 rings (SSSR count). The van der Waals surface area contributed by atoms with E-state index in [9.17, 15) is 9.59 Å². The number of benzene rings is 3. The molecule has 1 aliphatic carbocycles. The van der Waals surface area contributed by atoms with E-state index in [1.54, 1.807) is 7.11 Å². The average molecular weight is 539 g/mol. The van der Waals surface area contributed by atoms with Gasteiger partial charge in [0.25, 0.3) is 0 Å². The molecule has 0 spiro atoms. The summed E-state index contributed by atoms with van der Waals surface area (Å²) in [7, 11) is 1.65. The van der Waals surface area contributed by atoms with Crippen LogP contribution in [0, 0.1) is 0 Å². The second kappa shape index (κ2) is 12.4. The Kier molecular flexibility index (Phi) is 8.54. The number of carbonyl (C=O) groups excluding carboxylic acids is 2. The minimum Gasteiger partial charge on any atom is -0.497 e. The molecule has 0 fully saturated rings. The molecular weight excluding hydrogens is 500 g/mol. The van der Waals surface area contributed by atoms with Crippen molar-refractivity contribution in [2.75, 3.05) is 23.9 Å². The van der Waals surface area contributed by atoms with Gasteiger partial charge in [-0.25, -0.2) is 0 Å².